The molecule has 0 saturated heterocycles. The molecule has 0 fully saturated rings. The van der Waals surface area contributed by atoms with Gasteiger partial charge in [0.1, 0.15) is 5.02 Å². The number of rotatable bonds is 4. The zero-order valence-electron chi connectivity index (χ0n) is 11.3. The summed E-state index contributed by atoms with van der Waals surface area (Å²) in [7, 11) is 1.95. The van der Waals surface area contributed by atoms with Crippen molar-refractivity contribution in [1.29, 1.82) is 0 Å². The summed E-state index contributed by atoms with van der Waals surface area (Å²) in [6, 6.07) is 13.0. The summed E-state index contributed by atoms with van der Waals surface area (Å²) in [4.78, 5) is 12.5. The lowest BCUT2D eigenvalue weighted by atomic mass is 10.1. The maximum absolute atomic E-state index is 10.9. The molecule has 0 aliphatic rings. The number of nitro benzene ring substituents is 1. The van der Waals surface area contributed by atoms with Gasteiger partial charge in [-0.3, -0.25) is 10.1 Å². The van der Waals surface area contributed by atoms with Crippen molar-refractivity contribution in [3.63, 3.8) is 0 Å². The standard InChI is InChI=1S/C15H15ClN2O2/c1-11-4-3-5-13(8-11)17(2)10-12-6-7-14(16)15(9-12)18(19)20/h3-9H,10H2,1-2H3. The van der Waals surface area contributed by atoms with Crippen LogP contribution >= 0.6 is 11.6 Å². The van der Waals surface area contributed by atoms with Gasteiger partial charge >= 0.3 is 0 Å². The molecular formula is C15H15ClN2O2. The first-order valence-corrected chi connectivity index (χ1v) is 6.56. The average Bonchev–Trinajstić information content (AvgIpc) is 2.40. The van der Waals surface area contributed by atoms with E-state index in [1.807, 2.05) is 43.1 Å². The number of hydrogen-bond donors (Lipinski definition) is 0. The molecule has 0 aromatic heterocycles. The van der Waals surface area contributed by atoms with Crippen LogP contribution in [0.3, 0.4) is 0 Å². The summed E-state index contributed by atoms with van der Waals surface area (Å²) in [5, 5.41) is 11.0. The Morgan fingerprint density at radius 2 is 2.00 bits per heavy atom. The highest BCUT2D eigenvalue weighted by molar-refractivity contribution is 6.32. The lowest BCUT2D eigenvalue weighted by Crippen LogP contribution is -2.16. The maximum Gasteiger partial charge on any atom is 0.288 e. The Bertz CT molecular complexity index is 644. The zero-order valence-corrected chi connectivity index (χ0v) is 12.1. The fourth-order valence-corrected chi connectivity index (χ4v) is 2.21. The van der Waals surface area contributed by atoms with E-state index in [9.17, 15) is 10.1 Å². The van der Waals surface area contributed by atoms with Gasteiger partial charge in [-0.25, -0.2) is 0 Å². The van der Waals surface area contributed by atoms with Crippen LogP contribution in [-0.4, -0.2) is 12.0 Å². The Kier molecular flexibility index (Phi) is 4.25. The van der Waals surface area contributed by atoms with E-state index in [0.717, 1.165) is 11.3 Å². The van der Waals surface area contributed by atoms with Crippen LogP contribution in [-0.2, 0) is 6.54 Å². The van der Waals surface area contributed by atoms with Crippen LogP contribution in [0.5, 0.6) is 0 Å². The van der Waals surface area contributed by atoms with Crippen molar-refractivity contribution < 1.29 is 4.92 Å². The van der Waals surface area contributed by atoms with E-state index in [2.05, 4.69) is 6.07 Å². The van der Waals surface area contributed by atoms with Gasteiger partial charge in [-0.05, 0) is 36.2 Å². The molecule has 0 radical (unpaired) electrons. The number of aryl methyl sites for hydroxylation is 1. The quantitative estimate of drug-likeness (QED) is 0.626. The van der Waals surface area contributed by atoms with Crippen molar-refractivity contribution >= 4 is 23.0 Å². The molecule has 0 bridgehead atoms. The highest BCUT2D eigenvalue weighted by atomic mass is 35.5. The highest BCUT2D eigenvalue weighted by Crippen LogP contribution is 2.26. The fraction of sp³-hybridized carbons (Fsp3) is 0.200. The number of halogens is 1. The summed E-state index contributed by atoms with van der Waals surface area (Å²) in [5.74, 6) is 0. The number of nitro groups is 1. The third-order valence-corrected chi connectivity index (χ3v) is 3.39. The third kappa shape index (κ3) is 3.27. The van der Waals surface area contributed by atoms with Crippen molar-refractivity contribution in [2.45, 2.75) is 13.5 Å². The first kappa shape index (κ1) is 14.3. The predicted molar refractivity (Wildman–Crippen MR) is 81.4 cm³/mol. The monoisotopic (exact) mass is 290 g/mol. The number of hydrogen-bond acceptors (Lipinski definition) is 3. The van der Waals surface area contributed by atoms with Crippen molar-refractivity contribution in [3.8, 4) is 0 Å². The first-order chi connectivity index (χ1) is 9.47. The van der Waals surface area contributed by atoms with E-state index in [0.29, 0.717) is 6.54 Å². The first-order valence-electron chi connectivity index (χ1n) is 6.18. The van der Waals surface area contributed by atoms with Gasteiger partial charge in [0.15, 0.2) is 0 Å². The minimum absolute atomic E-state index is 0.0539. The van der Waals surface area contributed by atoms with Crippen LogP contribution in [0.1, 0.15) is 11.1 Å². The topological polar surface area (TPSA) is 46.4 Å². The molecule has 0 saturated carbocycles. The van der Waals surface area contributed by atoms with Gasteiger partial charge in [0.2, 0.25) is 0 Å². The van der Waals surface area contributed by atoms with Crippen molar-refractivity contribution in [2.24, 2.45) is 0 Å². The molecule has 0 spiro atoms. The molecule has 0 N–H and O–H groups in total. The molecular weight excluding hydrogens is 276 g/mol. The number of nitrogens with zero attached hydrogens (tertiary/aromatic N) is 2. The Morgan fingerprint density at radius 3 is 2.65 bits per heavy atom. The van der Waals surface area contributed by atoms with Gasteiger partial charge in [0.05, 0.1) is 4.92 Å². The van der Waals surface area contributed by atoms with E-state index < -0.39 is 4.92 Å². The minimum atomic E-state index is -0.460. The Labute approximate surface area is 122 Å². The van der Waals surface area contributed by atoms with Crippen LogP contribution in [0, 0.1) is 17.0 Å². The van der Waals surface area contributed by atoms with Crippen LogP contribution in [0.2, 0.25) is 5.02 Å². The summed E-state index contributed by atoms with van der Waals surface area (Å²) < 4.78 is 0. The van der Waals surface area contributed by atoms with E-state index in [1.165, 1.54) is 11.6 Å². The molecule has 0 aliphatic carbocycles. The molecule has 0 atom stereocenters. The second kappa shape index (κ2) is 5.92. The lowest BCUT2D eigenvalue weighted by Gasteiger charge is -2.19. The highest BCUT2D eigenvalue weighted by Gasteiger charge is 2.13. The molecule has 5 heteroatoms. The lowest BCUT2D eigenvalue weighted by molar-refractivity contribution is -0.384. The van der Waals surface area contributed by atoms with Crippen molar-refractivity contribution in [2.75, 3.05) is 11.9 Å². The summed E-state index contributed by atoms with van der Waals surface area (Å²) >= 11 is 5.81. The third-order valence-electron chi connectivity index (χ3n) is 3.07. The average molecular weight is 291 g/mol. The van der Waals surface area contributed by atoms with Gasteiger partial charge < -0.3 is 4.90 Å². The molecule has 2 rings (SSSR count). The van der Waals surface area contributed by atoms with Crippen LogP contribution < -0.4 is 4.90 Å². The Balaban J connectivity index is 2.22. The molecule has 0 heterocycles. The van der Waals surface area contributed by atoms with E-state index in [-0.39, 0.29) is 10.7 Å². The van der Waals surface area contributed by atoms with Gasteiger partial charge in [-0.1, -0.05) is 29.8 Å². The molecule has 2 aromatic carbocycles. The maximum atomic E-state index is 10.9. The second-order valence-corrected chi connectivity index (χ2v) is 5.15. The van der Waals surface area contributed by atoms with Crippen molar-refractivity contribution in [1.82, 2.24) is 0 Å². The van der Waals surface area contributed by atoms with Crippen molar-refractivity contribution in [3.05, 3.63) is 68.7 Å². The Morgan fingerprint density at radius 1 is 1.25 bits per heavy atom. The Hall–Kier alpha value is -2.07. The fourth-order valence-electron chi connectivity index (χ4n) is 2.03. The molecule has 0 aliphatic heterocycles. The van der Waals surface area contributed by atoms with E-state index in [1.54, 1.807) is 6.07 Å². The number of benzene rings is 2. The smallest absolute Gasteiger partial charge is 0.288 e. The molecule has 20 heavy (non-hydrogen) atoms. The van der Waals surface area contributed by atoms with Crippen LogP contribution in [0.15, 0.2) is 42.5 Å². The van der Waals surface area contributed by atoms with Crippen LogP contribution in [0.4, 0.5) is 11.4 Å². The predicted octanol–water partition coefficient (Wildman–Crippen LogP) is 4.19. The molecule has 104 valence electrons. The van der Waals surface area contributed by atoms with E-state index >= 15 is 0 Å². The summed E-state index contributed by atoms with van der Waals surface area (Å²) in [5.41, 5.74) is 3.05. The van der Waals surface area contributed by atoms with Crippen LogP contribution in [0.25, 0.3) is 0 Å². The molecule has 4 nitrogen and oxygen atoms in total. The molecule has 2 aromatic rings. The molecule has 0 amide bonds. The normalized spacial score (nSPS) is 10.3. The SMILES string of the molecule is Cc1cccc(N(C)Cc2ccc(Cl)c([N+](=O)[O-])c2)c1. The van der Waals surface area contributed by atoms with Gasteiger partial charge in [0.25, 0.3) is 5.69 Å². The van der Waals surface area contributed by atoms with Gasteiger partial charge in [-0.2, -0.15) is 0 Å². The largest absolute Gasteiger partial charge is 0.370 e. The van der Waals surface area contributed by atoms with E-state index in [4.69, 9.17) is 11.6 Å². The molecule has 0 unspecified atom stereocenters. The summed E-state index contributed by atoms with van der Waals surface area (Å²) in [6.07, 6.45) is 0. The van der Waals surface area contributed by atoms with Gasteiger partial charge in [0, 0.05) is 25.3 Å². The summed E-state index contributed by atoms with van der Waals surface area (Å²) in [6.45, 7) is 2.62. The van der Waals surface area contributed by atoms with Gasteiger partial charge in [-0.15, -0.1) is 0 Å². The minimum Gasteiger partial charge on any atom is -0.370 e. The number of anilines is 1. The zero-order chi connectivity index (χ0) is 14.7. The second-order valence-electron chi connectivity index (χ2n) is 4.74.